The Bertz CT molecular complexity index is 460. The number of carboxylic acids is 1. The first-order valence-corrected chi connectivity index (χ1v) is 9.21. The number of aliphatic carboxylic acids is 1. The largest absolute Gasteiger partial charge is 0.481 e. The molecule has 27 heavy (non-hydrogen) atoms. The van der Waals surface area contributed by atoms with Crippen molar-refractivity contribution in [3.05, 3.63) is 0 Å². The van der Waals surface area contributed by atoms with E-state index in [0.29, 0.717) is 32.2 Å². The van der Waals surface area contributed by atoms with Crippen LogP contribution in [0.3, 0.4) is 0 Å². The highest BCUT2D eigenvalue weighted by molar-refractivity contribution is 5.69. The van der Waals surface area contributed by atoms with Gasteiger partial charge >= 0.3 is 12.1 Å². The molecule has 0 aliphatic carbocycles. The van der Waals surface area contributed by atoms with Crippen LogP contribution in [0.5, 0.6) is 0 Å². The first-order valence-electron chi connectivity index (χ1n) is 9.21. The van der Waals surface area contributed by atoms with Gasteiger partial charge in [0.2, 0.25) is 0 Å². The summed E-state index contributed by atoms with van der Waals surface area (Å²) in [5.41, 5.74) is 0. The van der Waals surface area contributed by atoms with Crippen LogP contribution < -0.4 is 5.32 Å². The number of nitrogens with one attached hydrogen (secondary N) is 1. The number of hydrogen-bond acceptors (Lipinski definition) is 8. The Balaban J connectivity index is 2.13. The van der Waals surface area contributed by atoms with Crippen LogP contribution in [-0.4, -0.2) is 87.9 Å². The lowest BCUT2D eigenvalue weighted by molar-refractivity contribution is -0.230. The van der Waals surface area contributed by atoms with E-state index < -0.39 is 55.1 Å². The summed E-state index contributed by atoms with van der Waals surface area (Å²) in [6.07, 6.45) is -3.86. The van der Waals surface area contributed by atoms with Crippen LogP contribution in [0.25, 0.3) is 0 Å². The lowest BCUT2D eigenvalue weighted by Crippen LogP contribution is -2.58. The van der Waals surface area contributed by atoms with Crippen molar-refractivity contribution in [2.75, 3.05) is 19.8 Å². The maximum absolute atomic E-state index is 11.5. The highest BCUT2D eigenvalue weighted by Gasteiger charge is 2.42. The van der Waals surface area contributed by atoms with Crippen molar-refractivity contribution in [1.29, 1.82) is 0 Å². The smallest absolute Gasteiger partial charge is 0.407 e. The molecule has 0 aromatic heterocycles. The fraction of sp³-hybridized carbons (Fsp3) is 0.882. The average molecular weight is 393 g/mol. The van der Waals surface area contributed by atoms with E-state index >= 15 is 0 Å². The highest BCUT2D eigenvalue weighted by Crippen LogP contribution is 2.23. The molecule has 1 heterocycles. The fourth-order valence-corrected chi connectivity index (χ4v) is 2.81. The van der Waals surface area contributed by atoms with E-state index in [1.54, 1.807) is 6.92 Å². The van der Waals surface area contributed by atoms with Gasteiger partial charge in [-0.2, -0.15) is 0 Å². The number of amides is 1. The van der Waals surface area contributed by atoms with Crippen LogP contribution in [0, 0.1) is 5.92 Å². The summed E-state index contributed by atoms with van der Waals surface area (Å²) in [6.45, 7) is 1.62. The number of alkyl carbamates (subject to hydrolysis) is 1. The second kappa shape index (κ2) is 12.1. The number of ether oxygens (including phenoxy) is 2. The lowest BCUT2D eigenvalue weighted by Gasteiger charge is -2.40. The third-order valence-electron chi connectivity index (χ3n) is 4.61. The predicted molar refractivity (Wildman–Crippen MR) is 93.0 cm³/mol. The molecule has 1 fully saturated rings. The number of carboxylic acid groups (broad SMARTS) is 1. The van der Waals surface area contributed by atoms with Gasteiger partial charge in [-0.25, -0.2) is 4.79 Å². The van der Waals surface area contributed by atoms with Gasteiger partial charge in [0.05, 0.1) is 25.2 Å². The number of rotatable bonds is 11. The Morgan fingerprint density at radius 3 is 2.37 bits per heavy atom. The minimum atomic E-state index is -1.41. The van der Waals surface area contributed by atoms with Gasteiger partial charge in [0, 0.05) is 6.54 Å². The molecule has 0 aromatic rings. The number of hydrogen-bond donors (Lipinski definition) is 6. The fourth-order valence-electron chi connectivity index (χ4n) is 2.81. The second-order valence-electron chi connectivity index (χ2n) is 6.81. The molecule has 6 atom stereocenters. The summed E-state index contributed by atoms with van der Waals surface area (Å²) >= 11 is 0. The van der Waals surface area contributed by atoms with Gasteiger partial charge in [0.25, 0.3) is 0 Å². The first-order chi connectivity index (χ1) is 12.8. The summed E-state index contributed by atoms with van der Waals surface area (Å²) in [5.74, 6) is -1.24. The van der Waals surface area contributed by atoms with Gasteiger partial charge in [-0.1, -0.05) is 13.3 Å². The third kappa shape index (κ3) is 7.97. The molecular formula is C17H31NO9. The minimum absolute atomic E-state index is 0.0803. The molecular weight excluding hydrogens is 362 g/mol. The van der Waals surface area contributed by atoms with Crippen LogP contribution in [-0.2, 0) is 14.3 Å². The quantitative estimate of drug-likeness (QED) is 0.247. The van der Waals surface area contributed by atoms with Crippen molar-refractivity contribution in [3.8, 4) is 0 Å². The minimum Gasteiger partial charge on any atom is -0.481 e. The number of carbonyl (C=O) groups is 2. The molecule has 1 aliphatic heterocycles. The summed E-state index contributed by atoms with van der Waals surface area (Å²) < 4.78 is 10.4. The van der Waals surface area contributed by atoms with E-state index in [4.69, 9.17) is 19.7 Å². The van der Waals surface area contributed by atoms with Gasteiger partial charge in [0.1, 0.15) is 24.4 Å². The zero-order valence-corrected chi connectivity index (χ0v) is 15.5. The van der Waals surface area contributed by atoms with Gasteiger partial charge < -0.3 is 40.3 Å². The predicted octanol–water partition coefficient (Wildman–Crippen LogP) is -0.774. The number of aliphatic hydroxyl groups excluding tert-OH is 4. The van der Waals surface area contributed by atoms with E-state index in [1.807, 2.05) is 0 Å². The van der Waals surface area contributed by atoms with Crippen LogP contribution in [0.2, 0.25) is 0 Å². The molecule has 158 valence electrons. The summed E-state index contributed by atoms with van der Waals surface area (Å²) in [6, 6.07) is 0. The number of unbranched alkanes of at least 4 members (excludes halogenated alkanes) is 1. The standard InChI is InChI=1S/C17H31NO9/c1-10(16(23)24)5-2-3-7-18-17(25)26-8-4-6-11-13(20)15(22)14(21)12(9-19)27-11/h10-15,19-22H,2-9H2,1H3,(H,18,25)(H,23,24)/t10?,11-,12?,13?,14?,15?/m0/s1. The Labute approximate surface area is 158 Å². The van der Waals surface area contributed by atoms with Crippen molar-refractivity contribution in [3.63, 3.8) is 0 Å². The molecule has 0 spiro atoms. The molecule has 10 heteroatoms. The SMILES string of the molecule is CC(CCCCNC(=O)OCCC[C@@H]1OC(CO)C(O)C(O)C1O)C(=O)O. The lowest BCUT2D eigenvalue weighted by atomic mass is 9.93. The van der Waals surface area contributed by atoms with E-state index in [-0.39, 0.29) is 13.0 Å². The van der Waals surface area contributed by atoms with E-state index in [2.05, 4.69) is 5.32 Å². The van der Waals surface area contributed by atoms with Gasteiger partial charge in [-0.3, -0.25) is 4.79 Å². The molecule has 0 bridgehead atoms. The van der Waals surface area contributed by atoms with Crippen molar-refractivity contribution in [2.45, 2.75) is 69.5 Å². The Kier molecular flexibility index (Phi) is 10.6. The van der Waals surface area contributed by atoms with Crippen LogP contribution in [0.4, 0.5) is 4.79 Å². The molecule has 1 amide bonds. The highest BCUT2D eigenvalue weighted by atomic mass is 16.6. The maximum atomic E-state index is 11.5. The number of aliphatic hydroxyl groups is 4. The van der Waals surface area contributed by atoms with Gasteiger partial charge in [0.15, 0.2) is 0 Å². The molecule has 6 N–H and O–H groups in total. The third-order valence-corrected chi connectivity index (χ3v) is 4.61. The molecule has 0 saturated carbocycles. The molecule has 1 rings (SSSR count). The maximum Gasteiger partial charge on any atom is 0.407 e. The van der Waals surface area contributed by atoms with Crippen molar-refractivity contribution < 1.29 is 44.6 Å². The molecule has 1 aliphatic rings. The normalized spacial score (nSPS) is 29.1. The Hall–Kier alpha value is -1.46. The Morgan fingerprint density at radius 2 is 1.74 bits per heavy atom. The summed E-state index contributed by atoms with van der Waals surface area (Å²) in [7, 11) is 0. The molecule has 0 aromatic carbocycles. The van der Waals surface area contributed by atoms with E-state index in [1.165, 1.54) is 0 Å². The number of carbonyl (C=O) groups excluding carboxylic acids is 1. The Morgan fingerprint density at radius 1 is 1.07 bits per heavy atom. The first kappa shape index (κ1) is 23.6. The van der Waals surface area contributed by atoms with Crippen LogP contribution in [0.1, 0.15) is 39.0 Å². The van der Waals surface area contributed by atoms with Crippen molar-refractivity contribution in [1.82, 2.24) is 5.32 Å². The summed E-state index contributed by atoms with van der Waals surface area (Å²) in [5, 5.41) is 49.7. The van der Waals surface area contributed by atoms with Gasteiger partial charge in [-0.05, 0) is 25.7 Å². The monoisotopic (exact) mass is 393 g/mol. The zero-order chi connectivity index (χ0) is 20.4. The van der Waals surface area contributed by atoms with Crippen molar-refractivity contribution in [2.24, 2.45) is 5.92 Å². The summed E-state index contributed by atoms with van der Waals surface area (Å²) in [4.78, 5) is 22.2. The van der Waals surface area contributed by atoms with Crippen molar-refractivity contribution >= 4 is 12.1 Å². The van der Waals surface area contributed by atoms with Crippen LogP contribution >= 0.6 is 0 Å². The topological polar surface area (TPSA) is 166 Å². The molecule has 0 radical (unpaired) electrons. The average Bonchev–Trinajstić information content (AvgIpc) is 2.64. The molecule has 1 saturated heterocycles. The van der Waals surface area contributed by atoms with Crippen LogP contribution in [0.15, 0.2) is 0 Å². The second-order valence-corrected chi connectivity index (χ2v) is 6.81. The zero-order valence-electron chi connectivity index (χ0n) is 15.5. The molecule has 10 nitrogen and oxygen atoms in total. The van der Waals surface area contributed by atoms with E-state index in [0.717, 1.165) is 0 Å². The van der Waals surface area contributed by atoms with E-state index in [9.17, 15) is 24.9 Å². The molecule has 5 unspecified atom stereocenters. The van der Waals surface area contributed by atoms with Gasteiger partial charge in [-0.15, -0.1) is 0 Å².